The molecule has 0 spiro atoms. The van der Waals surface area contributed by atoms with Crippen LogP contribution in [0.4, 0.5) is 0 Å². The second-order valence-electron chi connectivity index (χ2n) is 5.07. The maximum Gasteiger partial charge on any atom is 0.203 e. The van der Waals surface area contributed by atoms with Crippen molar-refractivity contribution in [1.29, 1.82) is 0 Å². The van der Waals surface area contributed by atoms with Crippen molar-refractivity contribution in [2.24, 2.45) is 0 Å². The van der Waals surface area contributed by atoms with Crippen LogP contribution in [0.1, 0.15) is 15.9 Å². The van der Waals surface area contributed by atoms with E-state index >= 15 is 0 Å². The Balaban J connectivity index is 2.13. The van der Waals surface area contributed by atoms with Crippen molar-refractivity contribution >= 4 is 16.8 Å². The zero-order valence-electron chi connectivity index (χ0n) is 13.5. The number of carbonyl (C=O) groups excluding carboxylic acids is 1. The molecule has 0 atom stereocenters. The number of phenolic OH excluding ortho intramolecular Hbond substituents is 1. The molecule has 2 aromatic carbocycles. The lowest BCUT2D eigenvalue weighted by atomic mass is 10.0. The molecule has 124 valence electrons. The smallest absolute Gasteiger partial charge is 0.203 e. The number of phenols is 1. The SMILES string of the molecule is COc1cc(C(=O)c2coc3ccc(O)cc23)cc(OC)c1OC. The van der Waals surface area contributed by atoms with Gasteiger partial charge in [-0.25, -0.2) is 0 Å². The first-order valence-corrected chi connectivity index (χ1v) is 7.14. The first-order valence-electron chi connectivity index (χ1n) is 7.14. The number of fused-ring (bicyclic) bond motifs is 1. The van der Waals surface area contributed by atoms with E-state index in [4.69, 9.17) is 18.6 Å². The number of hydrogen-bond acceptors (Lipinski definition) is 6. The molecule has 6 heteroatoms. The number of aromatic hydroxyl groups is 1. The molecule has 0 bridgehead atoms. The van der Waals surface area contributed by atoms with Crippen molar-refractivity contribution < 1.29 is 28.5 Å². The molecule has 0 aliphatic heterocycles. The highest BCUT2D eigenvalue weighted by molar-refractivity contribution is 6.16. The summed E-state index contributed by atoms with van der Waals surface area (Å²) in [6.45, 7) is 0. The van der Waals surface area contributed by atoms with Crippen LogP contribution in [0.15, 0.2) is 41.0 Å². The molecule has 0 unspecified atom stereocenters. The molecule has 6 nitrogen and oxygen atoms in total. The van der Waals surface area contributed by atoms with E-state index in [1.54, 1.807) is 18.2 Å². The highest BCUT2D eigenvalue weighted by Gasteiger charge is 2.21. The van der Waals surface area contributed by atoms with Gasteiger partial charge in [0.15, 0.2) is 17.3 Å². The van der Waals surface area contributed by atoms with Gasteiger partial charge in [0.05, 0.1) is 26.9 Å². The number of benzene rings is 2. The predicted octanol–water partition coefficient (Wildman–Crippen LogP) is 3.40. The molecule has 0 saturated heterocycles. The first kappa shape index (κ1) is 15.7. The van der Waals surface area contributed by atoms with Gasteiger partial charge in [-0.2, -0.15) is 0 Å². The Morgan fingerprint density at radius 1 is 1.00 bits per heavy atom. The van der Waals surface area contributed by atoms with Crippen LogP contribution in [0.5, 0.6) is 23.0 Å². The van der Waals surface area contributed by atoms with Crippen LogP contribution in [0.2, 0.25) is 0 Å². The van der Waals surface area contributed by atoms with E-state index < -0.39 is 0 Å². The molecule has 0 amide bonds. The summed E-state index contributed by atoms with van der Waals surface area (Å²) in [5.74, 6) is 0.958. The maximum absolute atomic E-state index is 12.9. The Morgan fingerprint density at radius 3 is 2.25 bits per heavy atom. The average Bonchev–Trinajstić information content (AvgIpc) is 3.02. The minimum Gasteiger partial charge on any atom is -0.508 e. The normalized spacial score (nSPS) is 10.6. The third kappa shape index (κ3) is 2.52. The molecule has 0 radical (unpaired) electrons. The number of methoxy groups -OCH3 is 3. The fraction of sp³-hybridized carbons (Fsp3) is 0.167. The third-order valence-corrected chi connectivity index (χ3v) is 3.73. The standard InChI is InChI=1S/C18H16O6/c1-21-15-6-10(7-16(22-2)18(15)23-3)17(20)13-9-24-14-5-4-11(19)8-12(13)14/h4-9,19H,1-3H3. The summed E-state index contributed by atoms with van der Waals surface area (Å²) >= 11 is 0. The minimum absolute atomic E-state index is 0.0582. The van der Waals surface area contributed by atoms with Gasteiger partial charge in [0.1, 0.15) is 17.6 Å². The Kier molecular flexibility index (Phi) is 4.04. The number of hydrogen-bond donors (Lipinski definition) is 1. The van der Waals surface area contributed by atoms with Crippen LogP contribution in [0, 0.1) is 0 Å². The fourth-order valence-corrected chi connectivity index (χ4v) is 2.56. The zero-order chi connectivity index (χ0) is 17.3. The van der Waals surface area contributed by atoms with Crippen LogP contribution >= 0.6 is 0 Å². The van der Waals surface area contributed by atoms with Gasteiger partial charge >= 0.3 is 0 Å². The van der Waals surface area contributed by atoms with Gasteiger partial charge in [-0.1, -0.05) is 0 Å². The highest BCUT2D eigenvalue weighted by Crippen LogP contribution is 2.39. The molecule has 3 rings (SSSR count). The van der Waals surface area contributed by atoms with Crippen molar-refractivity contribution in [3.63, 3.8) is 0 Å². The molecule has 1 N–H and O–H groups in total. The largest absolute Gasteiger partial charge is 0.508 e. The van der Waals surface area contributed by atoms with Gasteiger partial charge in [0.25, 0.3) is 0 Å². The van der Waals surface area contributed by atoms with Gasteiger partial charge in [-0.05, 0) is 30.3 Å². The molecule has 0 saturated carbocycles. The summed E-state index contributed by atoms with van der Waals surface area (Å²) in [6, 6.07) is 7.75. The number of rotatable bonds is 5. The van der Waals surface area contributed by atoms with Crippen molar-refractivity contribution in [3.05, 3.63) is 47.7 Å². The molecular weight excluding hydrogens is 312 g/mol. The topological polar surface area (TPSA) is 78.1 Å². The van der Waals surface area contributed by atoms with Crippen molar-refractivity contribution in [3.8, 4) is 23.0 Å². The molecule has 24 heavy (non-hydrogen) atoms. The lowest BCUT2D eigenvalue weighted by molar-refractivity contribution is 0.103. The van der Waals surface area contributed by atoms with Gasteiger partial charge in [-0.3, -0.25) is 4.79 Å². The quantitative estimate of drug-likeness (QED) is 0.723. The predicted molar refractivity (Wildman–Crippen MR) is 87.4 cm³/mol. The van der Waals surface area contributed by atoms with E-state index in [-0.39, 0.29) is 11.5 Å². The van der Waals surface area contributed by atoms with E-state index in [1.165, 1.54) is 39.7 Å². The van der Waals surface area contributed by atoms with Crippen molar-refractivity contribution in [1.82, 2.24) is 0 Å². The van der Waals surface area contributed by atoms with Crippen LogP contribution < -0.4 is 14.2 Å². The van der Waals surface area contributed by atoms with E-state index in [0.29, 0.717) is 39.3 Å². The second kappa shape index (κ2) is 6.16. The van der Waals surface area contributed by atoms with Crippen LogP contribution in [-0.2, 0) is 0 Å². The average molecular weight is 328 g/mol. The number of furan rings is 1. The van der Waals surface area contributed by atoms with Gasteiger partial charge in [0, 0.05) is 10.9 Å². The number of ketones is 1. The summed E-state index contributed by atoms with van der Waals surface area (Å²) in [6.07, 6.45) is 1.37. The Bertz CT molecular complexity index is 884. The summed E-state index contributed by atoms with van der Waals surface area (Å²) in [5, 5.41) is 10.2. The highest BCUT2D eigenvalue weighted by atomic mass is 16.5. The Morgan fingerprint density at radius 2 is 1.67 bits per heavy atom. The van der Waals surface area contributed by atoms with Gasteiger partial charge in [-0.15, -0.1) is 0 Å². The van der Waals surface area contributed by atoms with Crippen LogP contribution in [0.3, 0.4) is 0 Å². The Hall–Kier alpha value is -3.15. The summed E-state index contributed by atoms with van der Waals surface area (Å²) in [7, 11) is 4.46. The monoisotopic (exact) mass is 328 g/mol. The van der Waals surface area contributed by atoms with E-state index in [9.17, 15) is 9.90 Å². The van der Waals surface area contributed by atoms with Crippen molar-refractivity contribution in [2.45, 2.75) is 0 Å². The van der Waals surface area contributed by atoms with Crippen LogP contribution in [0.25, 0.3) is 11.0 Å². The van der Waals surface area contributed by atoms with Crippen molar-refractivity contribution in [2.75, 3.05) is 21.3 Å². The molecule has 0 aliphatic rings. The van der Waals surface area contributed by atoms with E-state index in [1.807, 2.05) is 0 Å². The fourth-order valence-electron chi connectivity index (χ4n) is 2.56. The van der Waals surface area contributed by atoms with Gasteiger partial charge < -0.3 is 23.7 Å². The lowest BCUT2D eigenvalue weighted by Gasteiger charge is -2.13. The molecule has 1 aromatic heterocycles. The minimum atomic E-state index is -0.279. The molecular formula is C18H16O6. The number of carbonyl (C=O) groups is 1. The third-order valence-electron chi connectivity index (χ3n) is 3.73. The van der Waals surface area contributed by atoms with Gasteiger partial charge in [0.2, 0.25) is 5.75 Å². The van der Waals surface area contributed by atoms with Crippen LogP contribution in [-0.4, -0.2) is 32.2 Å². The lowest BCUT2D eigenvalue weighted by Crippen LogP contribution is -2.03. The number of ether oxygens (including phenoxy) is 3. The molecule has 0 aliphatic carbocycles. The molecule has 3 aromatic rings. The second-order valence-corrected chi connectivity index (χ2v) is 5.07. The first-order chi connectivity index (χ1) is 11.6. The van der Waals surface area contributed by atoms with E-state index in [0.717, 1.165) is 0 Å². The maximum atomic E-state index is 12.9. The summed E-state index contributed by atoms with van der Waals surface area (Å²) in [4.78, 5) is 12.9. The molecule has 0 fully saturated rings. The zero-order valence-corrected chi connectivity index (χ0v) is 13.5. The summed E-state index contributed by atoms with van der Waals surface area (Å²) < 4.78 is 21.2. The summed E-state index contributed by atoms with van der Waals surface area (Å²) in [5.41, 5.74) is 1.22. The van der Waals surface area contributed by atoms with E-state index in [2.05, 4.69) is 0 Å². The Labute approximate surface area is 138 Å². The molecule has 1 heterocycles.